The van der Waals surface area contributed by atoms with E-state index in [4.69, 9.17) is 23.7 Å². The first-order chi connectivity index (χ1) is 18.0. The van der Waals surface area contributed by atoms with E-state index in [9.17, 15) is 9.59 Å². The molecule has 3 aromatic carbocycles. The first-order valence-corrected chi connectivity index (χ1v) is 12.1. The molecule has 4 rings (SSSR count). The number of hydrogen-bond acceptors (Lipinski definition) is 7. The number of fused-ring (bicyclic) bond motifs is 1. The summed E-state index contributed by atoms with van der Waals surface area (Å²) in [6, 6.07) is 17.3. The molecule has 1 aliphatic heterocycles. The number of rotatable bonds is 9. The molecule has 0 unspecified atom stereocenters. The van der Waals surface area contributed by atoms with Crippen LogP contribution in [0.25, 0.3) is 0 Å². The zero-order chi connectivity index (χ0) is 26.4. The number of amides is 1. The van der Waals surface area contributed by atoms with Crippen LogP contribution in [0.2, 0.25) is 0 Å². The highest BCUT2D eigenvalue weighted by atomic mass is 16.5. The number of esters is 1. The molecule has 0 spiro atoms. The molecule has 8 nitrogen and oxygen atoms in total. The predicted molar refractivity (Wildman–Crippen MR) is 138 cm³/mol. The Morgan fingerprint density at radius 1 is 0.838 bits per heavy atom. The number of carbonyl (C=O) groups excluding carboxylic acids is 2. The Labute approximate surface area is 216 Å². The molecule has 37 heavy (non-hydrogen) atoms. The maximum Gasteiger partial charge on any atom is 0.338 e. The highest BCUT2D eigenvalue weighted by Crippen LogP contribution is 2.39. The zero-order valence-electron chi connectivity index (χ0n) is 21.5. The Balaban J connectivity index is 1.63. The van der Waals surface area contributed by atoms with E-state index in [1.165, 1.54) is 0 Å². The largest absolute Gasteiger partial charge is 0.497 e. The van der Waals surface area contributed by atoms with Crippen LogP contribution in [-0.4, -0.2) is 57.9 Å². The fraction of sp³-hybridized carbons (Fsp3) is 0.310. The van der Waals surface area contributed by atoms with Gasteiger partial charge in [-0.3, -0.25) is 4.79 Å². The fourth-order valence-electron chi connectivity index (χ4n) is 4.43. The quantitative estimate of drug-likeness (QED) is 0.390. The normalized spacial score (nSPS) is 14.4. The van der Waals surface area contributed by atoms with Gasteiger partial charge in [-0.05, 0) is 85.1 Å². The third-order valence-corrected chi connectivity index (χ3v) is 6.37. The average Bonchev–Trinajstić information content (AvgIpc) is 2.95. The summed E-state index contributed by atoms with van der Waals surface area (Å²) in [7, 11) is 4.78. The highest BCUT2D eigenvalue weighted by molar-refractivity contribution is 5.95. The number of nitrogens with zero attached hydrogens (tertiary/aromatic N) is 1. The SMILES string of the molecule is CCOC(=O)c1ccc(OC[C@H]2c3cc(OC)c(OC)cc3CCN2C(=O)c2ccc(OC)cc2)cc1. The average molecular weight is 506 g/mol. The zero-order valence-corrected chi connectivity index (χ0v) is 21.5. The molecule has 1 aliphatic rings. The lowest BCUT2D eigenvalue weighted by Gasteiger charge is -2.37. The third kappa shape index (κ3) is 5.63. The Bertz CT molecular complexity index is 1240. The van der Waals surface area contributed by atoms with Crippen LogP contribution in [0.4, 0.5) is 0 Å². The molecule has 0 aromatic heterocycles. The van der Waals surface area contributed by atoms with Crippen molar-refractivity contribution in [3.8, 4) is 23.0 Å². The summed E-state index contributed by atoms with van der Waals surface area (Å²) < 4.78 is 27.5. The second-order valence-corrected chi connectivity index (χ2v) is 8.45. The van der Waals surface area contributed by atoms with Crippen molar-refractivity contribution in [3.63, 3.8) is 0 Å². The van der Waals surface area contributed by atoms with Crippen molar-refractivity contribution in [1.29, 1.82) is 0 Å². The van der Waals surface area contributed by atoms with Crippen molar-refractivity contribution in [1.82, 2.24) is 4.90 Å². The van der Waals surface area contributed by atoms with Crippen molar-refractivity contribution < 1.29 is 33.3 Å². The summed E-state index contributed by atoms with van der Waals surface area (Å²) in [6.45, 7) is 2.80. The summed E-state index contributed by atoms with van der Waals surface area (Å²) in [5.74, 6) is 2.01. The smallest absolute Gasteiger partial charge is 0.338 e. The minimum absolute atomic E-state index is 0.102. The Hall–Kier alpha value is -4.20. The highest BCUT2D eigenvalue weighted by Gasteiger charge is 2.33. The molecular formula is C29H31NO7. The van der Waals surface area contributed by atoms with Gasteiger partial charge in [-0.1, -0.05) is 0 Å². The summed E-state index contributed by atoms with van der Waals surface area (Å²) >= 11 is 0. The Morgan fingerprint density at radius 3 is 2.08 bits per heavy atom. The van der Waals surface area contributed by atoms with Gasteiger partial charge in [0.1, 0.15) is 18.1 Å². The fourth-order valence-corrected chi connectivity index (χ4v) is 4.43. The molecule has 0 aliphatic carbocycles. The van der Waals surface area contributed by atoms with Gasteiger partial charge in [-0.15, -0.1) is 0 Å². The molecule has 1 amide bonds. The standard InChI is InChI=1S/C29H31NO7/c1-5-36-29(32)20-8-12-23(13-9-20)37-18-25-24-17-27(35-4)26(34-3)16-21(24)14-15-30(25)28(31)19-6-10-22(33-2)11-7-19/h6-13,16-17,25H,5,14-15,18H2,1-4H3/t25-/m0/s1. The van der Waals surface area contributed by atoms with Crippen LogP contribution in [0.5, 0.6) is 23.0 Å². The second-order valence-electron chi connectivity index (χ2n) is 8.45. The number of benzene rings is 3. The van der Waals surface area contributed by atoms with Crippen LogP contribution in [0, 0.1) is 0 Å². The van der Waals surface area contributed by atoms with E-state index in [2.05, 4.69) is 0 Å². The van der Waals surface area contributed by atoms with Gasteiger partial charge in [0.15, 0.2) is 11.5 Å². The number of carbonyl (C=O) groups is 2. The molecule has 1 atom stereocenters. The van der Waals surface area contributed by atoms with Crippen molar-refractivity contribution >= 4 is 11.9 Å². The molecule has 0 saturated heterocycles. The van der Waals surface area contributed by atoms with Crippen molar-refractivity contribution in [2.24, 2.45) is 0 Å². The second kappa shape index (κ2) is 11.7. The van der Waals surface area contributed by atoms with Gasteiger partial charge in [0.2, 0.25) is 0 Å². The summed E-state index contributed by atoms with van der Waals surface area (Å²) in [5, 5.41) is 0. The molecule has 0 N–H and O–H groups in total. The van der Waals surface area contributed by atoms with Crippen LogP contribution >= 0.6 is 0 Å². The van der Waals surface area contributed by atoms with Gasteiger partial charge in [0, 0.05) is 12.1 Å². The Morgan fingerprint density at radius 2 is 1.46 bits per heavy atom. The van der Waals surface area contributed by atoms with E-state index in [1.54, 1.807) is 76.8 Å². The van der Waals surface area contributed by atoms with Gasteiger partial charge in [-0.2, -0.15) is 0 Å². The first-order valence-electron chi connectivity index (χ1n) is 12.1. The van der Waals surface area contributed by atoms with E-state index < -0.39 is 0 Å². The molecular weight excluding hydrogens is 474 g/mol. The minimum atomic E-state index is -0.382. The van der Waals surface area contributed by atoms with Gasteiger partial charge >= 0.3 is 5.97 Å². The van der Waals surface area contributed by atoms with Crippen LogP contribution in [0.1, 0.15) is 44.8 Å². The third-order valence-electron chi connectivity index (χ3n) is 6.37. The first kappa shape index (κ1) is 25.9. The molecule has 8 heteroatoms. The minimum Gasteiger partial charge on any atom is -0.497 e. The summed E-state index contributed by atoms with van der Waals surface area (Å²) in [4.78, 5) is 27.4. The van der Waals surface area contributed by atoms with Gasteiger partial charge in [0.25, 0.3) is 5.91 Å². The summed E-state index contributed by atoms with van der Waals surface area (Å²) in [5.41, 5.74) is 3.02. The van der Waals surface area contributed by atoms with Crippen LogP contribution in [-0.2, 0) is 11.2 Å². The summed E-state index contributed by atoms with van der Waals surface area (Å²) in [6.07, 6.45) is 0.669. The van der Waals surface area contributed by atoms with Crippen molar-refractivity contribution in [2.75, 3.05) is 41.1 Å². The molecule has 0 radical (unpaired) electrons. The molecule has 0 fully saturated rings. The molecule has 3 aromatic rings. The van der Waals surface area contributed by atoms with E-state index in [0.717, 1.165) is 11.1 Å². The van der Waals surface area contributed by atoms with E-state index in [-0.39, 0.29) is 24.5 Å². The maximum atomic E-state index is 13.6. The van der Waals surface area contributed by atoms with Crippen LogP contribution in [0.3, 0.4) is 0 Å². The van der Waals surface area contributed by atoms with Gasteiger partial charge in [-0.25, -0.2) is 4.79 Å². The molecule has 0 saturated carbocycles. The number of methoxy groups -OCH3 is 3. The molecule has 1 heterocycles. The van der Waals surface area contributed by atoms with Gasteiger partial charge in [0.05, 0.1) is 39.5 Å². The van der Waals surface area contributed by atoms with Crippen LogP contribution in [0.15, 0.2) is 60.7 Å². The number of hydrogen-bond donors (Lipinski definition) is 0. The lowest BCUT2D eigenvalue weighted by atomic mass is 9.91. The van der Waals surface area contributed by atoms with E-state index >= 15 is 0 Å². The lowest BCUT2D eigenvalue weighted by Crippen LogP contribution is -2.42. The Kier molecular flexibility index (Phi) is 8.18. The van der Waals surface area contributed by atoms with Gasteiger partial charge < -0.3 is 28.6 Å². The number of ether oxygens (including phenoxy) is 5. The van der Waals surface area contributed by atoms with E-state index in [0.29, 0.717) is 53.7 Å². The van der Waals surface area contributed by atoms with E-state index in [1.807, 2.05) is 17.0 Å². The maximum absolute atomic E-state index is 13.6. The monoisotopic (exact) mass is 505 g/mol. The molecule has 0 bridgehead atoms. The van der Waals surface area contributed by atoms with Crippen molar-refractivity contribution in [2.45, 2.75) is 19.4 Å². The van der Waals surface area contributed by atoms with Crippen molar-refractivity contribution in [3.05, 3.63) is 82.9 Å². The van der Waals surface area contributed by atoms with Crippen LogP contribution < -0.4 is 18.9 Å². The molecule has 194 valence electrons. The predicted octanol–water partition coefficient (Wildman–Crippen LogP) is 4.71. The topological polar surface area (TPSA) is 83.5 Å². The lowest BCUT2D eigenvalue weighted by molar-refractivity contribution is 0.0524.